The third kappa shape index (κ3) is 6.00. The van der Waals surface area contributed by atoms with Crippen LogP contribution >= 0.6 is 11.6 Å². The van der Waals surface area contributed by atoms with Gasteiger partial charge >= 0.3 is 0 Å². The van der Waals surface area contributed by atoms with Crippen LogP contribution in [0, 0.1) is 0 Å². The number of aromatic nitrogens is 3. The standard InChI is InChI=1S/C25H28ClN7O3S/c1-16-11-21(8-10-33(16)24(34)17-7-9-27-23(12-17)31-37(2,35)36)32-14-18-13-28-25(30-22(18)15-32)29-20-5-3-19(26)4-6-20/h3-7,9,12-13,16,21H,8,10-11,14-15H2,1-2H3,(H,27,31)(H,28,29,30)/t16-,21-/m1/s1. The first-order valence-electron chi connectivity index (χ1n) is 12.0. The molecule has 12 heteroatoms. The maximum Gasteiger partial charge on any atom is 0.254 e. The van der Waals surface area contributed by atoms with Crippen LogP contribution in [0.2, 0.25) is 5.02 Å². The Morgan fingerprint density at radius 1 is 1.14 bits per heavy atom. The Labute approximate surface area is 221 Å². The highest BCUT2D eigenvalue weighted by Crippen LogP contribution is 2.31. The van der Waals surface area contributed by atoms with Crippen LogP contribution < -0.4 is 10.0 Å². The molecule has 2 N–H and O–H groups in total. The largest absolute Gasteiger partial charge is 0.336 e. The van der Waals surface area contributed by atoms with E-state index in [4.69, 9.17) is 16.6 Å². The number of sulfonamides is 1. The molecule has 1 aromatic carbocycles. The Hall–Kier alpha value is -3.28. The molecule has 1 fully saturated rings. The van der Waals surface area contributed by atoms with Crippen molar-refractivity contribution in [2.75, 3.05) is 22.8 Å². The van der Waals surface area contributed by atoms with E-state index < -0.39 is 10.0 Å². The summed E-state index contributed by atoms with van der Waals surface area (Å²) in [5.41, 5.74) is 3.42. The van der Waals surface area contributed by atoms with Gasteiger partial charge in [-0.15, -0.1) is 0 Å². The van der Waals surface area contributed by atoms with Gasteiger partial charge in [0.25, 0.3) is 5.91 Å². The highest BCUT2D eigenvalue weighted by molar-refractivity contribution is 7.92. The minimum absolute atomic E-state index is 0.0302. The minimum Gasteiger partial charge on any atom is -0.336 e. The number of rotatable bonds is 6. The minimum atomic E-state index is -3.48. The average Bonchev–Trinajstić information content (AvgIpc) is 3.28. The number of carbonyl (C=O) groups excluding carboxylic acids is 1. The first-order chi connectivity index (χ1) is 17.6. The van der Waals surface area contributed by atoms with Crippen molar-refractivity contribution in [3.8, 4) is 0 Å². The van der Waals surface area contributed by atoms with Crippen LogP contribution in [0.4, 0.5) is 17.5 Å². The zero-order valence-corrected chi connectivity index (χ0v) is 22.1. The second kappa shape index (κ2) is 10.2. The molecule has 194 valence electrons. The summed E-state index contributed by atoms with van der Waals surface area (Å²) in [7, 11) is -3.48. The van der Waals surface area contributed by atoms with Gasteiger partial charge in [0.15, 0.2) is 0 Å². The van der Waals surface area contributed by atoms with Gasteiger partial charge in [-0.3, -0.25) is 14.4 Å². The van der Waals surface area contributed by atoms with Crippen LogP contribution in [0.15, 0.2) is 48.8 Å². The second-order valence-electron chi connectivity index (χ2n) is 9.53. The lowest BCUT2D eigenvalue weighted by Crippen LogP contribution is -2.50. The molecule has 2 aliphatic heterocycles. The highest BCUT2D eigenvalue weighted by atomic mass is 35.5. The number of piperidine rings is 1. The number of likely N-dealkylation sites (tertiary alicyclic amines) is 1. The average molecular weight is 542 g/mol. The van der Waals surface area contributed by atoms with Crippen LogP contribution in [-0.2, 0) is 23.1 Å². The molecule has 0 radical (unpaired) electrons. The van der Waals surface area contributed by atoms with Crippen LogP contribution in [-0.4, -0.2) is 64.0 Å². The second-order valence-corrected chi connectivity index (χ2v) is 11.7. The van der Waals surface area contributed by atoms with Gasteiger partial charge < -0.3 is 10.2 Å². The Bertz CT molecular complexity index is 1420. The van der Waals surface area contributed by atoms with Crippen LogP contribution in [0.3, 0.4) is 0 Å². The summed E-state index contributed by atoms with van der Waals surface area (Å²) in [5.74, 6) is 0.564. The molecule has 0 saturated carbocycles. The summed E-state index contributed by atoms with van der Waals surface area (Å²) < 4.78 is 25.4. The SMILES string of the molecule is C[C@@H]1C[C@H](N2Cc3cnc(Nc4ccc(Cl)cc4)nc3C2)CCN1C(=O)c1ccnc(NS(C)(=O)=O)c1. The zero-order valence-electron chi connectivity index (χ0n) is 20.6. The number of amides is 1. The monoisotopic (exact) mass is 541 g/mol. The molecule has 4 heterocycles. The van der Waals surface area contributed by atoms with E-state index in [1.54, 1.807) is 6.07 Å². The molecule has 37 heavy (non-hydrogen) atoms. The van der Waals surface area contributed by atoms with Gasteiger partial charge in [0.05, 0.1) is 11.9 Å². The molecule has 0 unspecified atom stereocenters. The van der Waals surface area contributed by atoms with Crippen LogP contribution in [0.1, 0.15) is 41.4 Å². The normalized spacial score (nSPS) is 19.9. The number of benzene rings is 1. The molecule has 5 rings (SSSR count). The maximum absolute atomic E-state index is 13.2. The number of nitrogens with zero attached hydrogens (tertiary/aromatic N) is 5. The Morgan fingerprint density at radius 3 is 2.65 bits per heavy atom. The fourth-order valence-electron chi connectivity index (χ4n) is 4.91. The van der Waals surface area contributed by atoms with E-state index in [2.05, 4.69) is 31.8 Å². The predicted octanol–water partition coefficient (Wildman–Crippen LogP) is 3.65. The van der Waals surface area contributed by atoms with Gasteiger partial charge in [-0.05, 0) is 56.2 Å². The van der Waals surface area contributed by atoms with Crippen molar-refractivity contribution < 1.29 is 13.2 Å². The molecule has 3 aromatic rings. The highest BCUT2D eigenvalue weighted by Gasteiger charge is 2.35. The summed E-state index contributed by atoms with van der Waals surface area (Å²) in [6.45, 7) is 4.19. The Balaban J connectivity index is 1.20. The zero-order chi connectivity index (χ0) is 26.2. The molecule has 2 aliphatic rings. The molecular formula is C25H28ClN7O3S. The van der Waals surface area contributed by atoms with Crippen LogP contribution in [0.5, 0.6) is 0 Å². The summed E-state index contributed by atoms with van der Waals surface area (Å²) in [4.78, 5) is 30.7. The van der Waals surface area contributed by atoms with E-state index in [-0.39, 0.29) is 17.8 Å². The fourth-order valence-corrected chi connectivity index (χ4v) is 5.53. The number of pyridine rings is 1. The number of hydrogen-bond acceptors (Lipinski definition) is 8. The van der Waals surface area contributed by atoms with Crippen molar-refractivity contribution in [2.24, 2.45) is 0 Å². The number of nitrogens with one attached hydrogen (secondary N) is 2. The van der Waals surface area contributed by atoms with E-state index in [1.807, 2.05) is 35.4 Å². The van der Waals surface area contributed by atoms with E-state index in [9.17, 15) is 13.2 Å². The van der Waals surface area contributed by atoms with Crippen molar-refractivity contribution in [2.45, 2.75) is 44.9 Å². The molecule has 10 nitrogen and oxygen atoms in total. The fraction of sp³-hybridized carbons (Fsp3) is 0.360. The molecule has 2 atom stereocenters. The lowest BCUT2D eigenvalue weighted by molar-refractivity contribution is 0.0460. The molecule has 1 amide bonds. The van der Waals surface area contributed by atoms with Crippen molar-refractivity contribution in [3.63, 3.8) is 0 Å². The van der Waals surface area contributed by atoms with E-state index in [1.165, 1.54) is 12.3 Å². The van der Waals surface area contributed by atoms with Gasteiger partial charge in [0, 0.05) is 65.9 Å². The van der Waals surface area contributed by atoms with Gasteiger partial charge in [0.2, 0.25) is 16.0 Å². The predicted molar refractivity (Wildman–Crippen MR) is 142 cm³/mol. The first kappa shape index (κ1) is 25.4. The maximum atomic E-state index is 13.2. The summed E-state index contributed by atoms with van der Waals surface area (Å²) in [6, 6.07) is 10.8. The van der Waals surface area contributed by atoms with Crippen molar-refractivity contribution in [1.29, 1.82) is 0 Å². The topological polar surface area (TPSA) is 120 Å². The number of carbonyl (C=O) groups is 1. The summed E-state index contributed by atoms with van der Waals surface area (Å²) >= 11 is 5.96. The van der Waals surface area contributed by atoms with Gasteiger partial charge in [0.1, 0.15) is 5.82 Å². The Morgan fingerprint density at radius 2 is 1.92 bits per heavy atom. The van der Waals surface area contributed by atoms with E-state index in [0.717, 1.165) is 49.1 Å². The molecule has 0 spiro atoms. The number of hydrogen-bond donors (Lipinski definition) is 2. The number of halogens is 1. The first-order valence-corrected chi connectivity index (χ1v) is 14.3. The summed E-state index contributed by atoms with van der Waals surface area (Å²) in [5, 5.41) is 3.90. The lowest BCUT2D eigenvalue weighted by Gasteiger charge is -2.41. The van der Waals surface area contributed by atoms with Crippen molar-refractivity contribution in [1.82, 2.24) is 24.8 Å². The Kier molecular flexibility index (Phi) is 7.02. The molecule has 0 aliphatic carbocycles. The van der Waals surface area contributed by atoms with Gasteiger partial charge in [-0.2, -0.15) is 0 Å². The number of fused-ring (bicyclic) bond motifs is 1. The summed E-state index contributed by atoms with van der Waals surface area (Å²) in [6.07, 6.45) is 6.05. The number of anilines is 3. The molecular weight excluding hydrogens is 514 g/mol. The lowest BCUT2D eigenvalue weighted by atomic mass is 9.96. The van der Waals surface area contributed by atoms with E-state index >= 15 is 0 Å². The van der Waals surface area contributed by atoms with Crippen molar-refractivity contribution >= 4 is 45.0 Å². The smallest absolute Gasteiger partial charge is 0.254 e. The van der Waals surface area contributed by atoms with Crippen molar-refractivity contribution in [3.05, 3.63) is 70.6 Å². The van der Waals surface area contributed by atoms with Gasteiger partial charge in [-0.25, -0.2) is 23.4 Å². The third-order valence-electron chi connectivity index (χ3n) is 6.70. The van der Waals surface area contributed by atoms with E-state index in [0.29, 0.717) is 29.1 Å². The quantitative estimate of drug-likeness (QED) is 0.485. The third-order valence-corrected chi connectivity index (χ3v) is 7.54. The molecule has 0 bridgehead atoms. The van der Waals surface area contributed by atoms with Crippen LogP contribution in [0.25, 0.3) is 0 Å². The molecule has 2 aromatic heterocycles. The molecule has 1 saturated heterocycles. The van der Waals surface area contributed by atoms with Gasteiger partial charge in [-0.1, -0.05) is 11.6 Å².